The second-order valence-electron chi connectivity index (χ2n) is 8.52. The molecule has 158 valence electrons. The summed E-state index contributed by atoms with van der Waals surface area (Å²) in [4.78, 5) is 17.5. The fourth-order valence-electron chi connectivity index (χ4n) is 4.46. The molecule has 1 aliphatic carbocycles. The van der Waals surface area contributed by atoms with E-state index in [1.54, 1.807) is 18.2 Å². The Balaban J connectivity index is 1.32. The lowest BCUT2D eigenvalue weighted by molar-refractivity contribution is 0.0632. The molecule has 0 N–H and O–H groups in total. The Morgan fingerprint density at radius 2 is 1.70 bits per heavy atom. The van der Waals surface area contributed by atoms with Crippen molar-refractivity contribution in [1.29, 1.82) is 0 Å². The van der Waals surface area contributed by atoms with Gasteiger partial charge >= 0.3 is 0 Å². The lowest BCUT2D eigenvalue weighted by atomic mass is 10.2. The van der Waals surface area contributed by atoms with Crippen molar-refractivity contribution < 1.29 is 13.2 Å². The third-order valence-electron chi connectivity index (χ3n) is 6.39. The van der Waals surface area contributed by atoms with Crippen LogP contribution in [0.25, 0.3) is 0 Å². The topological polar surface area (TPSA) is 60.9 Å². The number of nitrogens with zero attached hydrogens (tertiary/aromatic N) is 3. The fraction of sp³-hybridized carbons (Fsp3) is 0.435. The van der Waals surface area contributed by atoms with Crippen LogP contribution in [0.5, 0.6) is 0 Å². The number of hydrogen-bond acceptors (Lipinski definition) is 4. The van der Waals surface area contributed by atoms with Gasteiger partial charge in [0.15, 0.2) is 0 Å². The summed E-state index contributed by atoms with van der Waals surface area (Å²) >= 11 is 0. The molecule has 1 saturated heterocycles. The molecule has 0 atom stereocenters. The number of fused-ring (bicyclic) bond motifs is 1. The van der Waals surface area contributed by atoms with Gasteiger partial charge in [-0.2, -0.15) is 0 Å². The van der Waals surface area contributed by atoms with Crippen molar-refractivity contribution >= 4 is 21.6 Å². The molecule has 0 unspecified atom stereocenters. The number of hydrogen-bond donors (Lipinski definition) is 0. The van der Waals surface area contributed by atoms with Gasteiger partial charge in [-0.3, -0.25) is 14.0 Å². The van der Waals surface area contributed by atoms with Gasteiger partial charge in [0.2, 0.25) is 0 Å². The van der Waals surface area contributed by atoms with Gasteiger partial charge < -0.3 is 4.90 Å². The molecule has 5 rings (SSSR count). The molecule has 3 aliphatic rings. The number of anilines is 1. The Labute approximate surface area is 178 Å². The van der Waals surface area contributed by atoms with Crippen LogP contribution in [0.2, 0.25) is 0 Å². The number of amides is 1. The molecule has 6 nitrogen and oxygen atoms in total. The van der Waals surface area contributed by atoms with E-state index in [1.807, 2.05) is 29.2 Å². The van der Waals surface area contributed by atoms with Crippen molar-refractivity contribution in [3.8, 4) is 0 Å². The number of benzene rings is 2. The number of carbonyl (C=O) groups excluding carboxylic acids is 1. The summed E-state index contributed by atoms with van der Waals surface area (Å²) in [6.45, 7) is 4.76. The Morgan fingerprint density at radius 3 is 2.47 bits per heavy atom. The number of piperazine rings is 1. The minimum atomic E-state index is -3.70. The van der Waals surface area contributed by atoms with Gasteiger partial charge in [-0.25, -0.2) is 8.42 Å². The summed E-state index contributed by atoms with van der Waals surface area (Å²) < 4.78 is 28.0. The molecule has 30 heavy (non-hydrogen) atoms. The van der Waals surface area contributed by atoms with Crippen LogP contribution in [0.4, 0.5) is 5.69 Å². The highest BCUT2D eigenvalue weighted by Gasteiger charge is 2.32. The average molecular weight is 426 g/mol. The van der Waals surface area contributed by atoms with Gasteiger partial charge in [-0.15, -0.1) is 0 Å². The largest absolute Gasteiger partial charge is 0.336 e. The lowest BCUT2D eigenvalue weighted by Crippen LogP contribution is -2.49. The maximum absolute atomic E-state index is 13.3. The molecule has 2 aliphatic heterocycles. The molecule has 2 aromatic carbocycles. The third-order valence-corrected chi connectivity index (χ3v) is 8.20. The van der Waals surface area contributed by atoms with Crippen LogP contribution in [0, 0.1) is 5.92 Å². The monoisotopic (exact) mass is 425 g/mol. The van der Waals surface area contributed by atoms with E-state index in [4.69, 9.17) is 0 Å². The highest BCUT2D eigenvalue weighted by Crippen LogP contribution is 2.33. The molecular formula is C23H27N3O3S. The predicted molar refractivity (Wildman–Crippen MR) is 116 cm³/mol. The first-order valence-corrected chi connectivity index (χ1v) is 12.2. The summed E-state index contributed by atoms with van der Waals surface area (Å²) in [5, 5.41) is 0. The van der Waals surface area contributed by atoms with Crippen LogP contribution in [0.15, 0.2) is 53.4 Å². The molecular weight excluding hydrogens is 398 g/mol. The zero-order chi connectivity index (χ0) is 20.7. The van der Waals surface area contributed by atoms with Gasteiger partial charge in [-0.1, -0.05) is 24.3 Å². The first-order chi connectivity index (χ1) is 14.5. The molecule has 1 amide bonds. The summed E-state index contributed by atoms with van der Waals surface area (Å²) in [5.74, 6) is 0.768. The molecule has 1 saturated carbocycles. The van der Waals surface area contributed by atoms with E-state index < -0.39 is 10.0 Å². The van der Waals surface area contributed by atoms with E-state index >= 15 is 0 Å². The van der Waals surface area contributed by atoms with E-state index in [0.717, 1.165) is 36.8 Å². The van der Waals surface area contributed by atoms with Gasteiger partial charge in [0, 0.05) is 44.8 Å². The average Bonchev–Trinajstić information content (AvgIpc) is 3.48. The van der Waals surface area contributed by atoms with Gasteiger partial charge in [0.1, 0.15) is 0 Å². The Hall–Kier alpha value is -2.38. The van der Waals surface area contributed by atoms with Gasteiger partial charge in [0.25, 0.3) is 15.9 Å². The van der Waals surface area contributed by atoms with E-state index in [2.05, 4.69) is 4.90 Å². The zero-order valence-electron chi connectivity index (χ0n) is 17.0. The summed E-state index contributed by atoms with van der Waals surface area (Å²) in [6, 6.07) is 14.1. The van der Waals surface area contributed by atoms with E-state index in [-0.39, 0.29) is 10.8 Å². The fourth-order valence-corrected chi connectivity index (χ4v) is 6.01. The van der Waals surface area contributed by atoms with E-state index in [1.165, 1.54) is 23.2 Å². The summed E-state index contributed by atoms with van der Waals surface area (Å²) in [6.07, 6.45) is 3.38. The molecule has 0 aromatic heterocycles. The van der Waals surface area contributed by atoms with Crippen LogP contribution in [-0.2, 0) is 16.4 Å². The maximum Gasteiger partial charge on any atom is 0.264 e. The molecule has 2 aromatic rings. The van der Waals surface area contributed by atoms with Crippen LogP contribution in [0.3, 0.4) is 0 Å². The number of sulfonamides is 1. The van der Waals surface area contributed by atoms with Crippen molar-refractivity contribution in [2.75, 3.05) is 43.6 Å². The van der Waals surface area contributed by atoms with E-state index in [9.17, 15) is 13.2 Å². The van der Waals surface area contributed by atoms with Crippen molar-refractivity contribution in [3.63, 3.8) is 0 Å². The van der Waals surface area contributed by atoms with Gasteiger partial charge in [-0.05, 0) is 55.0 Å². The smallest absolute Gasteiger partial charge is 0.264 e. The van der Waals surface area contributed by atoms with Crippen LogP contribution in [-0.4, -0.2) is 63.4 Å². The second-order valence-corrected chi connectivity index (χ2v) is 10.4. The third kappa shape index (κ3) is 3.72. The van der Waals surface area contributed by atoms with Crippen LogP contribution in [0.1, 0.15) is 28.8 Å². The van der Waals surface area contributed by atoms with Crippen LogP contribution < -0.4 is 4.31 Å². The molecule has 7 heteroatoms. The minimum Gasteiger partial charge on any atom is -0.336 e. The number of carbonyl (C=O) groups is 1. The molecule has 2 fully saturated rings. The second kappa shape index (κ2) is 7.71. The normalized spacial score (nSPS) is 19.7. The van der Waals surface area contributed by atoms with Crippen molar-refractivity contribution in [1.82, 2.24) is 9.80 Å². The predicted octanol–water partition coefficient (Wildman–Crippen LogP) is 2.61. The quantitative estimate of drug-likeness (QED) is 0.739. The molecule has 0 radical (unpaired) electrons. The standard InChI is InChI=1S/C23H27N3O3S/c27-23(25-14-12-24(13-15-25)17-18-8-9-18)20-5-3-6-21(16-20)30(28,29)26-11-10-19-4-1-2-7-22(19)26/h1-7,16,18H,8-15,17H2. The molecule has 2 heterocycles. The summed E-state index contributed by atoms with van der Waals surface area (Å²) in [7, 11) is -3.70. The SMILES string of the molecule is O=C(c1cccc(S(=O)(=O)N2CCc3ccccc32)c1)N1CCN(CC2CC2)CC1. The Kier molecular flexibility index (Phi) is 5.03. The molecule has 0 spiro atoms. The maximum atomic E-state index is 13.3. The van der Waals surface area contributed by atoms with E-state index in [0.29, 0.717) is 31.6 Å². The summed E-state index contributed by atoms with van der Waals surface area (Å²) in [5.41, 5.74) is 2.22. The minimum absolute atomic E-state index is 0.0834. The Bertz CT molecular complexity index is 1060. The number of rotatable bonds is 5. The van der Waals surface area contributed by atoms with Crippen LogP contribution >= 0.6 is 0 Å². The van der Waals surface area contributed by atoms with Crippen molar-refractivity contribution in [2.45, 2.75) is 24.2 Å². The van der Waals surface area contributed by atoms with Crippen molar-refractivity contribution in [2.24, 2.45) is 5.92 Å². The van der Waals surface area contributed by atoms with Crippen molar-refractivity contribution in [3.05, 3.63) is 59.7 Å². The first-order valence-electron chi connectivity index (χ1n) is 10.7. The molecule has 0 bridgehead atoms. The lowest BCUT2D eigenvalue weighted by Gasteiger charge is -2.34. The van der Waals surface area contributed by atoms with Gasteiger partial charge in [0.05, 0.1) is 10.6 Å². The highest BCUT2D eigenvalue weighted by molar-refractivity contribution is 7.92. The number of para-hydroxylation sites is 1. The first kappa shape index (κ1) is 19.6. The highest BCUT2D eigenvalue weighted by atomic mass is 32.2. The Morgan fingerprint density at radius 1 is 0.933 bits per heavy atom. The zero-order valence-corrected chi connectivity index (χ0v) is 17.9.